The van der Waals surface area contributed by atoms with Crippen LogP contribution >= 0.6 is 15.8 Å². The van der Waals surface area contributed by atoms with Crippen LogP contribution in [0.1, 0.15) is 0 Å². The molecule has 0 radical (unpaired) electrons. The number of rotatable bonds is 6. The van der Waals surface area contributed by atoms with Crippen LogP contribution in [0.4, 0.5) is 0 Å². The second-order valence-electron chi connectivity index (χ2n) is 15.6. The van der Waals surface area contributed by atoms with Crippen molar-refractivity contribution in [3.05, 3.63) is 121 Å². The fourth-order valence-corrected chi connectivity index (χ4v) is 139. The monoisotopic (exact) mass is 729 g/mol. The van der Waals surface area contributed by atoms with E-state index in [0.717, 1.165) is 0 Å². The summed E-state index contributed by atoms with van der Waals surface area (Å²) in [5.74, 6) is 0. The maximum atomic E-state index is 4.56. The van der Waals surface area contributed by atoms with Gasteiger partial charge >= 0.3 is 229 Å². The quantitative estimate of drug-likeness (QED) is 0.208. The number of hydrogen-bond donors (Lipinski definition) is 0. The molecule has 4 aromatic carbocycles. The van der Waals surface area contributed by atoms with Crippen LogP contribution < -0.4 is 46.0 Å². The molecule has 0 aliphatic carbocycles. The molecular weight excluding hydrogens is 703 g/mol. The second-order valence-corrected chi connectivity index (χ2v) is 46.0. The minimum absolute atomic E-state index is 0. The molecular formula is C34H27Cl2FeP2Pd. The Morgan fingerprint density at radius 2 is 0.800 bits per heavy atom. The van der Waals surface area contributed by atoms with Crippen molar-refractivity contribution in [3.63, 3.8) is 0 Å². The Hall–Kier alpha value is -0.498. The Morgan fingerprint density at radius 3 is 1.10 bits per heavy atom. The molecule has 10 aliphatic heterocycles. The van der Waals surface area contributed by atoms with Gasteiger partial charge in [-0.3, -0.25) is 0 Å². The zero-order chi connectivity index (χ0) is 24.5. The molecule has 10 aliphatic rings. The average molecular weight is 731 g/mol. The molecule has 5 unspecified atom stereocenters. The molecule has 0 aromatic heterocycles. The number of hydrogen-bond acceptors (Lipinski definition) is 0. The van der Waals surface area contributed by atoms with Gasteiger partial charge in [0.15, 0.2) is 0 Å². The number of benzene rings is 4. The molecule has 10 fully saturated rings. The van der Waals surface area contributed by atoms with Crippen LogP contribution in [0.5, 0.6) is 0 Å². The van der Waals surface area contributed by atoms with Crippen molar-refractivity contribution in [1.82, 2.24) is 0 Å². The van der Waals surface area contributed by atoms with Crippen molar-refractivity contribution in [2.24, 2.45) is 0 Å². The number of fused-ring (bicyclic) bond motifs is 10. The third kappa shape index (κ3) is 0.553. The van der Waals surface area contributed by atoms with E-state index in [2.05, 4.69) is 141 Å². The van der Waals surface area contributed by atoms with E-state index in [4.69, 9.17) is 0 Å². The van der Waals surface area contributed by atoms with Crippen molar-refractivity contribution in [2.75, 3.05) is 0 Å². The van der Waals surface area contributed by atoms with Crippen LogP contribution in [0.2, 0.25) is 36.5 Å². The van der Waals surface area contributed by atoms with Gasteiger partial charge in [-0.1, -0.05) is 0 Å². The summed E-state index contributed by atoms with van der Waals surface area (Å²) in [6.45, 7) is -4.05. The third-order valence-electron chi connectivity index (χ3n) is 19.3. The predicted molar refractivity (Wildman–Crippen MR) is 153 cm³/mol. The van der Waals surface area contributed by atoms with Gasteiger partial charge in [0.1, 0.15) is 0 Å². The van der Waals surface area contributed by atoms with E-state index in [0.29, 0.717) is 10.9 Å². The van der Waals surface area contributed by atoms with Crippen molar-refractivity contribution in [3.8, 4) is 0 Å². The molecule has 6 heteroatoms. The third-order valence-corrected chi connectivity index (χ3v) is 83.4. The molecule has 40 heavy (non-hydrogen) atoms. The molecule has 5 atom stereocenters. The van der Waals surface area contributed by atoms with Crippen LogP contribution in [0.3, 0.4) is 0 Å². The van der Waals surface area contributed by atoms with Crippen LogP contribution in [0.25, 0.3) is 0 Å². The average Bonchev–Trinajstić information content (AvgIpc) is 3.94. The van der Waals surface area contributed by atoms with E-state index in [1.54, 1.807) is 21.2 Å². The first-order valence-corrected chi connectivity index (χ1v) is 23.8. The van der Waals surface area contributed by atoms with E-state index >= 15 is 0 Å². The van der Waals surface area contributed by atoms with Crippen molar-refractivity contribution < 1.29 is 50.5 Å². The first-order chi connectivity index (χ1) is 18.5. The molecule has 205 valence electrons. The van der Waals surface area contributed by atoms with Gasteiger partial charge in [0.2, 0.25) is 0 Å². The molecule has 0 bridgehead atoms. The second kappa shape index (κ2) is 3.67. The topological polar surface area (TPSA) is 0 Å². The molecule has 10 heterocycles. The molecule has 4 aromatic rings. The predicted octanol–water partition coefficient (Wildman–Crippen LogP) is 1.34. The van der Waals surface area contributed by atoms with Gasteiger partial charge in [-0.05, 0) is 0 Å². The zero-order valence-electron chi connectivity index (χ0n) is 21.4. The summed E-state index contributed by atoms with van der Waals surface area (Å²) in [5, 5.41) is 6.75. The minimum atomic E-state index is -4.05. The summed E-state index contributed by atoms with van der Waals surface area (Å²) in [6.07, 6.45) is 0. The Bertz CT molecular complexity index is 2140. The fraction of sp³-hybridized carbons (Fsp3) is 0.294. The summed E-state index contributed by atoms with van der Waals surface area (Å²) in [6, 6.07) is 48.0. The molecule has 0 saturated carbocycles. The Kier molecular flexibility index (Phi) is 2.11. The summed E-state index contributed by atoms with van der Waals surface area (Å²) >= 11 is 4.56. The zero-order valence-corrected chi connectivity index (χ0v) is 27.4. The van der Waals surface area contributed by atoms with E-state index < -0.39 is 14.4 Å². The first-order valence-electron chi connectivity index (χ1n) is 14.2. The summed E-state index contributed by atoms with van der Waals surface area (Å²) in [7, 11) is -0.770. The van der Waals surface area contributed by atoms with Crippen molar-refractivity contribution in [1.29, 1.82) is 0 Å². The van der Waals surface area contributed by atoms with Crippen LogP contribution in [0.15, 0.2) is 121 Å². The Balaban J connectivity index is 0.00000100. The van der Waals surface area contributed by atoms with Gasteiger partial charge in [0.05, 0.1) is 0 Å². The van der Waals surface area contributed by atoms with Gasteiger partial charge in [0.25, 0.3) is 0 Å². The van der Waals surface area contributed by atoms with Crippen molar-refractivity contribution >= 4 is 37.1 Å². The van der Waals surface area contributed by atoms with Gasteiger partial charge in [-0.25, -0.2) is 0 Å². The van der Waals surface area contributed by atoms with E-state index in [9.17, 15) is 0 Å². The summed E-state index contributed by atoms with van der Waals surface area (Å²) in [4.78, 5) is 8.45. The van der Waals surface area contributed by atoms with E-state index in [1.165, 1.54) is 33.7 Å². The Labute approximate surface area is 251 Å². The van der Waals surface area contributed by atoms with Gasteiger partial charge in [-0.15, -0.1) is 0 Å². The van der Waals surface area contributed by atoms with Crippen LogP contribution in [-0.2, 0) is 25.7 Å². The first kappa shape index (κ1) is 23.0. The van der Waals surface area contributed by atoms with Gasteiger partial charge in [0, 0.05) is 0 Å². The van der Waals surface area contributed by atoms with Crippen molar-refractivity contribution in [2.45, 2.75) is 44.6 Å². The molecule has 14 rings (SSSR count). The molecule has 0 nitrogen and oxygen atoms in total. The van der Waals surface area contributed by atoms with Crippen LogP contribution in [-0.4, -0.2) is 8.11 Å². The molecule has 0 N–H and O–H groups in total. The van der Waals surface area contributed by atoms with Gasteiger partial charge < -0.3 is 24.8 Å². The Morgan fingerprint density at radius 1 is 0.475 bits per heavy atom. The van der Waals surface area contributed by atoms with Gasteiger partial charge in [-0.2, -0.15) is 0 Å². The maximum absolute atomic E-state index is 4.56. The summed E-state index contributed by atoms with van der Waals surface area (Å²) in [5.41, 5.74) is 0. The van der Waals surface area contributed by atoms with E-state index in [-0.39, 0.29) is 32.7 Å². The normalized spacial score (nSPS) is 60.5. The van der Waals surface area contributed by atoms with Crippen LogP contribution in [0, 0.1) is 0 Å². The molecule has 0 amide bonds. The molecule has 10 saturated heterocycles. The standard InChI is InChI=1S/C29H22P2.C5H5.2ClH.Fe.Pd/c1-5-14-24(15-6-1)30(25-16-7-2-8-17-25)28-22-13-23-29(28)31(26-18-9-3-10-19-26)27-20-11-4-12-21-27;1-2-4-5-3-1;;;;/h1-22H;1-5H;2*1H;;/q;;;;;+2/p-2. The SMILES string of the molecule is [Cl-].[Cl-].[Pd+2][C]12[CH]3[CH]4[C]5(P(c6ccccc6)c6ccccc6)[C]1(P(c1ccccc1)c1ccccc1)[Fe]34251678[CH]2[CH]1[CH]6[CH]7[CH]28. The summed E-state index contributed by atoms with van der Waals surface area (Å²) < 4.78 is 1.89. The fourth-order valence-electron chi connectivity index (χ4n) is 20.8. The molecule has 1 spiro atoms. The van der Waals surface area contributed by atoms with E-state index in [1.807, 2.05) is 0 Å². The number of halogens is 2.